The van der Waals surface area contributed by atoms with E-state index in [1.165, 1.54) is 0 Å². The molecule has 2 heterocycles. The Hall–Kier alpha value is -2.73. The van der Waals surface area contributed by atoms with Crippen molar-refractivity contribution in [3.8, 4) is 11.5 Å². The van der Waals surface area contributed by atoms with Gasteiger partial charge in [-0.05, 0) is 48.7 Å². The number of rotatable bonds is 3. The summed E-state index contributed by atoms with van der Waals surface area (Å²) in [7, 11) is 0. The topological polar surface area (TPSA) is 59.1 Å². The number of nitrogens with zero attached hydrogens (tertiary/aromatic N) is 2. The van der Waals surface area contributed by atoms with Crippen LogP contribution in [0.2, 0.25) is 5.02 Å². The minimum atomic E-state index is -0.436. The molecule has 0 spiro atoms. The molecular weight excluding hydrogens is 404 g/mol. The van der Waals surface area contributed by atoms with Gasteiger partial charge in [0.2, 0.25) is 12.7 Å². The van der Waals surface area contributed by atoms with E-state index in [1.54, 1.807) is 23.1 Å². The Labute approximate surface area is 180 Å². The van der Waals surface area contributed by atoms with Crippen LogP contribution in [-0.4, -0.2) is 54.6 Å². The van der Waals surface area contributed by atoms with Crippen molar-refractivity contribution in [2.24, 2.45) is 0 Å². The molecule has 3 aliphatic rings. The van der Waals surface area contributed by atoms with E-state index in [0.717, 1.165) is 24.8 Å². The second-order valence-electron chi connectivity index (χ2n) is 8.09. The maximum absolute atomic E-state index is 13.4. The van der Waals surface area contributed by atoms with Gasteiger partial charge in [-0.1, -0.05) is 30.2 Å². The minimum absolute atomic E-state index is 0.0449. The lowest BCUT2D eigenvalue weighted by atomic mass is 9.63. The molecule has 30 heavy (non-hydrogen) atoms. The van der Waals surface area contributed by atoms with Crippen molar-refractivity contribution in [3.05, 3.63) is 58.6 Å². The molecule has 0 N–H and O–H groups in total. The van der Waals surface area contributed by atoms with E-state index in [2.05, 4.69) is 0 Å². The Morgan fingerprint density at radius 1 is 0.867 bits per heavy atom. The number of benzene rings is 2. The van der Waals surface area contributed by atoms with Gasteiger partial charge < -0.3 is 19.3 Å². The van der Waals surface area contributed by atoms with E-state index in [0.29, 0.717) is 48.3 Å². The highest BCUT2D eigenvalue weighted by molar-refractivity contribution is 6.30. The molecule has 2 aliphatic heterocycles. The molecular formula is C23H23ClN2O4. The molecule has 0 aromatic heterocycles. The van der Waals surface area contributed by atoms with E-state index < -0.39 is 5.41 Å². The molecule has 5 rings (SSSR count). The maximum atomic E-state index is 13.4. The lowest BCUT2D eigenvalue weighted by Gasteiger charge is -2.46. The minimum Gasteiger partial charge on any atom is -0.454 e. The Morgan fingerprint density at radius 2 is 1.53 bits per heavy atom. The van der Waals surface area contributed by atoms with Crippen molar-refractivity contribution in [2.75, 3.05) is 33.0 Å². The van der Waals surface area contributed by atoms with Crippen LogP contribution >= 0.6 is 11.6 Å². The zero-order valence-corrected chi connectivity index (χ0v) is 17.4. The van der Waals surface area contributed by atoms with Crippen molar-refractivity contribution in [2.45, 2.75) is 24.7 Å². The first kappa shape index (κ1) is 19.2. The van der Waals surface area contributed by atoms with Gasteiger partial charge in [0, 0.05) is 36.8 Å². The van der Waals surface area contributed by atoms with Crippen LogP contribution < -0.4 is 9.47 Å². The summed E-state index contributed by atoms with van der Waals surface area (Å²) >= 11 is 6.03. The van der Waals surface area contributed by atoms with Gasteiger partial charge >= 0.3 is 0 Å². The summed E-state index contributed by atoms with van der Waals surface area (Å²) in [6, 6.07) is 12.9. The van der Waals surface area contributed by atoms with Gasteiger partial charge in [-0.15, -0.1) is 0 Å². The molecule has 0 bridgehead atoms. The lowest BCUT2D eigenvalue weighted by molar-refractivity contribution is -0.142. The predicted octanol–water partition coefficient (Wildman–Crippen LogP) is 3.48. The average Bonchev–Trinajstić information content (AvgIpc) is 3.22. The predicted molar refractivity (Wildman–Crippen MR) is 112 cm³/mol. The summed E-state index contributed by atoms with van der Waals surface area (Å²) < 4.78 is 10.7. The number of hydrogen-bond donors (Lipinski definition) is 0. The van der Waals surface area contributed by atoms with Crippen molar-refractivity contribution < 1.29 is 19.1 Å². The van der Waals surface area contributed by atoms with Crippen LogP contribution in [0.5, 0.6) is 11.5 Å². The Balaban J connectivity index is 1.26. The highest BCUT2D eigenvalue weighted by Crippen LogP contribution is 2.45. The van der Waals surface area contributed by atoms with E-state index in [4.69, 9.17) is 21.1 Å². The SMILES string of the molecule is O=C(c1ccc2c(c1)OCO2)N1CCN(C(=O)C2(c3ccc(Cl)cc3)CCC2)CC1. The fourth-order valence-corrected chi connectivity index (χ4v) is 4.68. The molecule has 2 aromatic rings. The van der Waals surface area contributed by atoms with E-state index in [-0.39, 0.29) is 18.6 Å². The maximum Gasteiger partial charge on any atom is 0.254 e. The number of amides is 2. The van der Waals surface area contributed by atoms with Crippen molar-refractivity contribution in [1.82, 2.24) is 9.80 Å². The summed E-state index contributed by atoms with van der Waals surface area (Å²) in [6.07, 6.45) is 2.78. The molecule has 7 heteroatoms. The summed E-state index contributed by atoms with van der Waals surface area (Å²) in [5.74, 6) is 1.39. The number of carbonyl (C=O) groups excluding carboxylic acids is 2. The summed E-state index contributed by atoms with van der Waals surface area (Å²) in [4.78, 5) is 30.0. The smallest absolute Gasteiger partial charge is 0.254 e. The standard InChI is InChI=1S/C23H23ClN2O4/c24-18-5-3-17(4-6-18)23(8-1-9-23)22(28)26-12-10-25(11-13-26)21(27)16-2-7-19-20(14-16)30-15-29-19/h2-7,14H,1,8-13,15H2. The zero-order chi connectivity index (χ0) is 20.7. The largest absolute Gasteiger partial charge is 0.454 e. The highest BCUT2D eigenvalue weighted by atomic mass is 35.5. The number of carbonyl (C=O) groups is 2. The third-order valence-electron chi connectivity index (χ3n) is 6.49. The number of ether oxygens (including phenoxy) is 2. The van der Waals surface area contributed by atoms with Crippen LogP contribution in [0.15, 0.2) is 42.5 Å². The first-order valence-corrected chi connectivity index (χ1v) is 10.7. The molecule has 2 fully saturated rings. The molecule has 156 valence electrons. The quantitative estimate of drug-likeness (QED) is 0.754. The average molecular weight is 427 g/mol. The number of fused-ring (bicyclic) bond motifs is 1. The number of halogens is 1. The first-order valence-electron chi connectivity index (χ1n) is 10.3. The Bertz CT molecular complexity index is 979. The van der Waals surface area contributed by atoms with Gasteiger partial charge in [0.25, 0.3) is 5.91 Å². The molecule has 6 nitrogen and oxygen atoms in total. The normalized spacial score (nSPS) is 19.4. The van der Waals surface area contributed by atoms with E-state index in [9.17, 15) is 9.59 Å². The number of hydrogen-bond acceptors (Lipinski definition) is 4. The van der Waals surface area contributed by atoms with Crippen LogP contribution in [0.1, 0.15) is 35.2 Å². The second-order valence-corrected chi connectivity index (χ2v) is 8.53. The first-order chi connectivity index (χ1) is 14.6. The van der Waals surface area contributed by atoms with Gasteiger partial charge in [-0.3, -0.25) is 9.59 Å². The Kier molecular flexibility index (Phi) is 4.82. The molecule has 0 radical (unpaired) electrons. The molecule has 1 saturated heterocycles. The van der Waals surface area contributed by atoms with Gasteiger partial charge in [-0.25, -0.2) is 0 Å². The molecule has 1 aliphatic carbocycles. The monoisotopic (exact) mass is 426 g/mol. The summed E-state index contributed by atoms with van der Waals surface area (Å²) in [5, 5.41) is 0.677. The van der Waals surface area contributed by atoms with Crippen LogP contribution in [-0.2, 0) is 10.2 Å². The fraction of sp³-hybridized carbons (Fsp3) is 0.391. The fourth-order valence-electron chi connectivity index (χ4n) is 4.55. The van der Waals surface area contributed by atoms with Gasteiger partial charge in [0.05, 0.1) is 5.41 Å². The molecule has 0 unspecified atom stereocenters. The number of piperazine rings is 1. The van der Waals surface area contributed by atoms with Gasteiger partial charge in [-0.2, -0.15) is 0 Å². The van der Waals surface area contributed by atoms with Crippen LogP contribution in [0.4, 0.5) is 0 Å². The summed E-state index contributed by atoms with van der Waals surface area (Å²) in [6.45, 7) is 2.32. The van der Waals surface area contributed by atoms with Crippen LogP contribution in [0.3, 0.4) is 0 Å². The highest BCUT2D eigenvalue weighted by Gasteiger charge is 2.48. The van der Waals surface area contributed by atoms with Gasteiger partial charge in [0.1, 0.15) is 0 Å². The van der Waals surface area contributed by atoms with Crippen molar-refractivity contribution in [1.29, 1.82) is 0 Å². The molecule has 2 aromatic carbocycles. The third kappa shape index (κ3) is 3.19. The van der Waals surface area contributed by atoms with Crippen molar-refractivity contribution >= 4 is 23.4 Å². The lowest BCUT2D eigenvalue weighted by Crippen LogP contribution is -2.57. The zero-order valence-electron chi connectivity index (χ0n) is 16.6. The molecule has 0 atom stereocenters. The molecule has 2 amide bonds. The molecule has 1 saturated carbocycles. The van der Waals surface area contributed by atoms with E-state index in [1.807, 2.05) is 29.2 Å². The third-order valence-corrected chi connectivity index (χ3v) is 6.74. The van der Waals surface area contributed by atoms with Gasteiger partial charge in [0.15, 0.2) is 11.5 Å². The van der Waals surface area contributed by atoms with Crippen LogP contribution in [0, 0.1) is 0 Å². The summed E-state index contributed by atoms with van der Waals surface area (Å²) in [5.41, 5.74) is 1.19. The Morgan fingerprint density at radius 3 is 2.20 bits per heavy atom. The van der Waals surface area contributed by atoms with Crippen LogP contribution in [0.25, 0.3) is 0 Å². The second kappa shape index (κ2) is 7.51. The van der Waals surface area contributed by atoms with E-state index >= 15 is 0 Å². The van der Waals surface area contributed by atoms with Crippen molar-refractivity contribution in [3.63, 3.8) is 0 Å².